The maximum Gasteiger partial charge on any atom is 0.271 e. The fraction of sp³-hybridized carbons (Fsp3) is 0.0345. The molecule has 0 bridgehead atoms. The van der Waals surface area contributed by atoms with Crippen LogP contribution in [0.5, 0.6) is 5.75 Å². The number of nitrogens with one attached hydrogen (secondary N) is 1. The number of hydrogen-bond donors (Lipinski definition) is 1. The molecule has 0 radical (unpaired) electrons. The summed E-state index contributed by atoms with van der Waals surface area (Å²) in [6.45, 7) is 0.414. The van der Waals surface area contributed by atoms with E-state index in [1.807, 2.05) is 54.6 Å². The molecule has 0 spiro atoms. The van der Waals surface area contributed by atoms with Gasteiger partial charge in [-0.25, -0.2) is 5.43 Å². The molecule has 34 heavy (non-hydrogen) atoms. The first-order valence-corrected chi connectivity index (χ1v) is 11.3. The molecule has 5 rings (SSSR count). The summed E-state index contributed by atoms with van der Waals surface area (Å²) in [5.41, 5.74) is 4.97. The SMILES string of the molecule is O=C(N/N=C\c1c(OCc2cccc3ccccc23)ccc2ccccc12)c1ccc(Cl)cc1. The van der Waals surface area contributed by atoms with Gasteiger partial charge in [0.05, 0.1) is 6.21 Å². The maximum atomic E-state index is 12.4. The van der Waals surface area contributed by atoms with Crippen LogP contribution >= 0.6 is 11.6 Å². The van der Waals surface area contributed by atoms with Crippen molar-refractivity contribution in [3.05, 3.63) is 125 Å². The standard InChI is InChI=1S/C29H21ClN2O2/c30-24-15-12-22(13-16-24)29(33)32-31-18-27-26-11-4-2-7-21(26)14-17-28(27)34-19-23-9-5-8-20-6-1-3-10-25(20)23/h1-18H,19H2,(H,32,33)/b31-18-. The maximum absolute atomic E-state index is 12.4. The van der Waals surface area contributed by atoms with E-state index in [9.17, 15) is 4.79 Å². The van der Waals surface area contributed by atoms with E-state index in [-0.39, 0.29) is 5.91 Å². The zero-order chi connectivity index (χ0) is 23.3. The minimum atomic E-state index is -0.314. The van der Waals surface area contributed by atoms with Crippen molar-refractivity contribution >= 4 is 45.3 Å². The molecule has 0 aliphatic rings. The zero-order valence-electron chi connectivity index (χ0n) is 18.2. The summed E-state index contributed by atoms with van der Waals surface area (Å²) >= 11 is 5.90. The van der Waals surface area contributed by atoms with E-state index >= 15 is 0 Å². The molecule has 5 heteroatoms. The van der Waals surface area contributed by atoms with Crippen LogP contribution in [-0.4, -0.2) is 12.1 Å². The van der Waals surface area contributed by atoms with Gasteiger partial charge in [0.1, 0.15) is 12.4 Å². The van der Waals surface area contributed by atoms with Gasteiger partial charge in [-0.05, 0) is 57.4 Å². The molecule has 1 N–H and O–H groups in total. The van der Waals surface area contributed by atoms with Gasteiger partial charge in [0.2, 0.25) is 0 Å². The lowest BCUT2D eigenvalue weighted by Crippen LogP contribution is -2.17. The largest absolute Gasteiger partial charge is 0.488 e. The molecule has 0 atom stereocenters. The van der Waals surface area contributed by atoms with Crippen LogP contribution in [0.2, 0.25) is 5.02 Å². The Balaban J connectivity index is 1.42. The van der Waals surface area contributed by atoms with E-state index in [2.05, 4.69) is 34.8 Å². The molecule has 0 saturated heterocycles. The van der Waals surface area contributed by atoms with Crippen LogP contribution in [0.1, 0.15) is 21.5 Å². The second-order valence-corrected chi connectivity index (χ2v) is 8.27. The summed E-state index contributed by atoms with van der Waals surface area (Å²) in [6, 6.07) is 33.1. The Morgan fingerprint density at radius 2 is 1.47 bits per heavy atom. The number of benzene rings is 5. The van der Waals surface area contributed by atoms with E-state index < -0.39 is 0 Å². The van der Waals surface area contributed by atoms with Crippen LogP contribution in [0, 0.1) is 0 Å². The number of nitrogens with zero attached hydrogens (tertiary/aromatic N) is 1. The number of fused-ring (bicyclic) bond motifs is 2. The van der Waals surface area contributed by atoms with Crippen LogP contribution in [0.25, 0.3) is 21.5 Å². The summed E-state index contributed by atoms with van der Waals surface area (Å²) in [5, 5.41) is 9.18. The van der Waals surface area contributed by atoms with Gasteiger partial charge in [0, 0.05) is 16.1 Å². The Labute approximate surface area is 202 Å². The van der Waals surface area contributed by atoms with Crippen molar-refractivity contribution in [3.63, 3.8) is 0 Å². The van der Waals surface area contributed by atoms with E-state index in [0.29, 0.717) is 22.9 Å². The third-order valence-corrected chi connectivity index (χ3v) is 5.91. The molecule has 1 amide bonds. The van der Waals surface area contributed by atoms with Gasteiger partial charge in [0.15, 0.2) is 0 Å². The van der Waals surface area contributed by atoms with Crippen molar-refractivity contribution < 1.29 is 9.53 Å². The highest BCUT2D eigenvalue weighted by molar-refractivity contribution is 6.30. The van der Waals surface area contributed by atoms with Gasteiger partial charge >= 0.3 is 0 Å². The van der Waals surface area contributed by atoms with Crippen LogP contribution in [0.15, 0.2) is 108 Å². The van der Waals surface area contributed by atoms with Crippen molar-refractivity contribution in [2.45, 2.75) is 6.61 Å². The molecule has 0 saturated carbocycles. The predicted octanol–water partition coefficient (Wildman–Crippen LogP) is 6.99. The van der Waals surface area contributed by atoms with E-state index in [4.69, 9.17) is 16.3 Å². The highest BCUT2D eigenvalue weighted by Crippen LogP contribution is 2.28. The summed E-state index contributed by atoms with van der Waals surface area (Å²) in [6.07, 6.45) is 1.63. The molecule has 0 fully saturated rings. The number of carbonyl (C=O) groups excluding carboxylic acids is 1. The highest BCUT2D eigenvalue weighted by Gasteiger charge is 2.10. The summed E-state index contributed by atoms with van der Waals surface area (Å²) in [7, 11) is 0. The van der Waals surface area contributed by atoms with Gasteiger partial charge in [0.25, 0.3) is 5.91 Å². The highest BCUT2D eigenvalue weighted by atomic mass is 35.5. The molecular weight excluding hydrogens is 444 g/mol. The minimum Gasteiger partial charge on any atom is -0.488 e. The smallest absolute Gasteiger partial charge is 0.271 e. The fourth-order valence-corrected chi connectivity index (χ4v) is 4.06. The third kappa shape index (κ3) is 4.63. The quantitative estimate of drug-likeness (QED) is 0.217. The van der Waals surface area contributed by atoms with Crippen molar-refractivity contribution in [3.8, 4) is 5.75 Å². The molecule has 0 aromatic heterocycles. The normalized spacial score (nSPS) is 11.2. The summed E-state index contributed by atoms with van der Waals surface area (Å²) < 4.78 is 6.28. The molecule has 0 heterocycles. The van der Waals surface area contributed by atoms with Crippen LogP contribution < -0.4 is 10.2 Å². The minimum absolute atomic E-state index is 0.314. The third-order valence-electron chi connectivity index (χ3n) is 5.66. The van der Waals surface area contributed by atoms with Crippen LogP contribution in [0.4, 0.5) is 0 Å². The monoisotopic (exact) mass is 464 g/mol. The molecule has 5 aromatic carbocycles. The van der Waals surface area contributed by atoms with Gasteiger partial charge in [-0.1, -0.05) is 84.4 Å². The lowest BCUT2D eigenvalue weighted by atomic mass is 10.0. The average molecular weight is 465 g/mol. The lowest BCUT2D eigenvalue weighted by Gasteiger charge is -2.13. The van der Waals surface area contributed by atoms with E-state index in [0.717, 1.165) is 27.3 Å². The number of hydrogen-bond acceptors (Lipinski definition) is 3. The Hall–Kier alpha value is -4.15. The van der Waals surface area contributed by atoms with E-state index in [1.54, 1.807) is 30.5 Å². The topological polar surface area (TPSA) is 50.7 Å². The van der Waals surface area contributed by atoms with Gasteiger partial charge in [-0.2, -0.15) is 5.10 Å². The number of halogens is 1. The van der Waals surface area contributed by atoms with Crippen molar-refractivity contribution in [2.24, 2.45) is 5.10 Å². The van der Waals surface area contributed by atoms with Crippen LogP contribution in [0.3, 0.4) is 0 Å². The number of amides is 1. The molecular formula is C29H21ClN2O2. The van der Waals surface area contributed by atoms with Crippen molar-refractivity contribution in [2.75, 3.05) is 0 Å². The van der Waals surface area contributed by atoms with Gasteiger partial charge in [-0.3, -0.25) is 4.79 Å². The van der Waals surface area contributed by atoms with Gasteiger partial charge < -0.3 is 4.74 Å². The summed E-state index contributed by atoms with van der Waals surface area (Å²) in [5.74, 6) is 0.377. The molecule has 0 unspecified atom stereocenters. The summed E-state index contributed by atoms with van der Waals surface area (Å²) in [4.78, 5) is 12.4. The Morgan fingerprint density at radius 1 is 0.794 bits per heavy atom. The van der Waals surface area contributed by atoms with Crippen molar-refractivity contribution in [1.82, 2.24) is 5.43 Å². The number of ether oxygens (including phenoxy) is 1. The molecule has 4 nitrogen and oxygen atoms in total. The molecule has 0 aliphatic carbocycles. The Kier molecular flexibility index (Phi) is 6.23. The predicted molar refractivity (Wildman–Crippen MR) is 139 cm³/mol. The average Bonchev–Trinajstić information content (AvgIpc) is 2.88. The zero-order valence-corrected chi connectivity index (χ0v) is 19.0. The first-order valence-electron chi connectivity index (χ1n) is 10.9. The molecule has 0 aliphatic heterocycles. The van der Waals surface area contributed by atoms with E-state index in [1.165, 1.54) is 5.39 Å². The first-order chi connectivity index (χ1) is 16.7. The van der Waals surface area contributed by atoms with Crippen LogP contribution in [-0.2, 0) is 6.61 Å². The van der Waals surface area contributed by atoms with Gasteiger partial charge in [-0.15, -0.1) is 0 Å². The number of carbonyl (C=O) groups is 1. The fourth-order valence-electron chi connectivity index (χ4n) is 3.93. The first kappa shape index (κ1) is 21.7. The number of rotatable bonds is 6. The second-order valence-electron chi connectivity index (χ2n) is 7.83. The Bertz CT molecular complexity index is 1510. The van der Waals surface area contributed by atoms with Crippen molar-refractivity contribution in [1.29, 1.82) is 0 Å². The lowest BCUT2D eigenvalue weighted by molar-refractivity contribution is 0.0955. The molecule has 166 valence electrons. The molecule has 5 aromatic rings. The second kappa shape index (κ2) is 9.77. The number of hydrazone groups is 1. The Morgan fingerprint density at radius 3 is 2.26 bits per heavy atom.